The molecule has 0 aromatic heterocycles. The molecule has 6 aromatic rings. The highest BCUT2D eigenvalue weighted by Gasteiger charge is 2.37. The highest BCUT2D eigenvalue weighted by atomic mass is 16.6. The van der Waals surface area contributed by atoms with Crippen molar-refractivity contribution in [3.05, 3.63) is 148 Å². The lowest BCUT2D eigenvalue weighted by atomic mass is 9.82. The van der Waals surface area contributed by atoms with Crippen LogP contribution in [0.4, 0.5) is 0 Å². The van der Waals surface area contributed by atoms with Crippen molar-refractivity contribution in [1.29, 1.82) is 0 Å². The summed E-state index contributed by atoms with van der Waals surface area (Å²) in [6, 6.07) is 34.0. The standard InChI is InChI=1S/C39H26O8/c40-32-29-27(22-15-13-21(14-16-22)26-11-5-9-20-7-3-4-10-25(20)26)31-34(42)37(45)39(46)47-38(31)28(30(29)33(41)36(44)35(32)43)24-17-12-19-6-1-2-8-23(19)18-24/h1-18,32,40-46H. The summed E-state index contributed by atoms with van der Waals surface area (Å²) in [4.78, 5) is 0. The van der Waals surface area contributed by atoms with Gasteiger partial charge in [0.1, 0.15) is 6.10 Å². The number of aliphatic hydroxyl groups excluding tert-OH is 7. The molecule has 230 valence electrons. The van der Waals surface area contributed by atoms with Gasteiger partial charge < -0.3 is 40.5 Å². The molecule has 8 nitrogen and oxygen atoms in total. The van der Waals surface area contributed by atoms with E-state index in [1.807, 2.05) is 84.9 Å². The van der Waals surface area contributed by atoms with Crippen LogP contribution in [0.15, 0.2) is 132 Å². The molecule has 0 fully saturated rings. The normalized spacial score (nSPS) is 16.0. The second kappa shape index (κ2) is 10.3. The van der Waals surface area contributed by atoms with Gasteiger partial charge >= 0.3 is 5.95 Å². The first-order valence-electron chi connectivity index (χ1n) is 14.8. The minimum absolute atomic E-state index is 0.0537. The van der Waals surface area contributed by atoms with Crippen molar-refractivity contribution in [3.63, 3.8) is 0 Å². The number of rotatable bonds is 3. The third-order valence-electron chi connectivity index (χ3n) is 8.90. The Kier molecular flexibility index (Phi) is 6.18. The van der Waals surface area contributed by atoms with Gasteiger partial charge in [-0.2, -0.15) is 0 Å². The second-order valence-corrected chi connectivity index (χ2v) is 11.5. The van der Waals surface area contributed by atoms with Crippen LogP contribution in [0.25, 0.3) is 66.4 Å². The van der Waals surface area contributed by atoms with E-state index in [9.17, 15) is 35.7 Å². The average molecular weight is 623 g/mol. The molecule has 0 bridgehead atoms. The number of hydrogen-bond acceptors (Lipinski definition) is 8. The molecule has 7 N–H and O–H groups in total. The fraction of sp³-hybridized carbons (Fsp3) is 0.0256. The van der Waals surface area contributed by atoms with Gasteiger partial charge in [0.05, 0.1) is 5.22 Å². The molecule has 0 amide bonds. The van der Waals surface area contributed by atoms with Crippen molar-refractivity contribution >= 4 is 33.1 Å². The van der Waals surface area contributed by atoms with Crippen molar-refractivity contribution in [2.75, 3.05) is 0 Å². The Bertz CT molecular complexity index is 2500. The topological polar surface area (TPSA) is 151 Å². The number of aliphatic hydroxyl groups is 7. The summed E-state index contributed by atoms with van der Waals surface area (Å²) in [5.74, 6) is -5.38. The fourth-order valence-electron chi connectivity index (χ4n) is 6.68. The van der Waals surface area contributed by atoms with Gasteiger partial charge in [-0.15, -0.1) is 0 Å². The molecule has 2 aliphatic rings. The van der Waals surface area contributed by atoms with E-state index >= 15 is 0 Å². The molecule has 47 heavy (non-hydrogen) atoms. The molecular weight excluding hydrogens is 596 g/mol. The lowest BCUT2D eigenvalue weighted by molar-refractivity contribution is 0.137. The highest BCUT2D eigenvalue weighted by molar-refractivity contribution is 5.97. The Balaban J connectivity index is 1.48. The van der Waals surface area contributed by atoms with Crippen LogP contribution in [0.1, 0.15) is 11.7 Å². The number of fused-ring (bicyclic) bond motifs is 4. The molecule has 0 spiro atoms. The van der Waals surface area contributed by atoms with Crippen LogP contribution in [0.2, 0.25) is 0 Å². The molecule has 1 unspecified atom stereocenters. The van der Waals surface area contributed by atoms with E-state index in [4.69, 9.17) is 4.74 Å². The van der Waals surface area contributed by atoms with Crippen molar-refractivity contribution in [1.82, 2.24) is 0 Å². The summed E-state index contributed by atoms with van der Waals surface area (Å²) in [7, 11) is 0. The van der Waals surface area contributed by atoms with Crippen molar-refractivity contribution in [2.24, 2.45) is 0 Å². The predicted molar refractivity (Wildman–Crippen MR) is 179 cm³/mol. The molecule has 1 heterocycles. The van der Waals surface area contributed by atoms with Gasteiger partial charge in [0.25, 0.3) is 0 Å². The smallest absolute Gasteiger partial charge is 0.330 e. The zero-order chi connectivity index (χ0) is 32.6. The van der Waals surface area contributed by atoms with E-state index in [0.717, 1.165) is 32.7 Å². The van der Waals surface area contributed by atoms with Gasteiger partial charge in [0, 0.05) is 21.9 Å². The van der Waals surface area contributed by atoms with Crippen LogP contribution in [0, 0.1) is 0 Å². The first-order valence-corrected chi connectivity index (χ1v) is 14.8. The van der Waals surface area contributed by atoms with Crippen molar-refractivity contribution in [3.8, 4) is 39.1 Å². The fourth-order valence-corrected chi connectivity index (χ4v) is 6.68. The van der Waals surface area contributed by atoms with Gasteiger partial charge in [-0.25, -0.2) is 0 Å². The number of ether oxygens (including phenoxy) is 1. The predicted octanol–water partition coefficient (Wildman–Crippen LogP) is 7.38. The summed E-state index contributed by atoms with van der Waals surface area (Å²) in [6.45, 7) is 0. The SMILES string of the molecule is OC1=C(O)C(O)=c2c(c(-c3ccc4ccccc4c3)c3c(c2-c2ccc(-c4cccc5ccccc45)cc2)C(O)C(O)=C(O)C=3O)O1. The van der Waals surface area contributed by atoms with Crippen LogP contribution in [-0.4, -0.2) is 35.7 Å². The minimum atomic E-state index is -1.85. The summed E-state index contributed by atoms with van der Waals surface area (Å²) < 4.78 is 5.77. The molecular formula is C39H26O8. The lowest BCUT2D eigenvalue weighted by Gasteiger charge is -2.28. The molecule has 6 aromatic carbocycles. The van der Waals surface area contributed by atoms with E-state index in [2.05, 4.69) is 0 Å². The lowest BCUT2D eigenvalue weighted by Crippen LogP contribution is -2.35. The first kappa shape index (κ1) is 28.1. The molecule has 1 atom stereocenters. The highest BCUT2D eigenvalue weighted by Crippen LogP contribution is 2.41. The molecule has 8 rings (SSSR count). The summed E-state index contributed by atoms with van der Waals surface area (Å²) in [5, 5.41) is 80.8. The van der Waals surface area contributed by atoms with Crippen molar-refractivity contribution in [2.45, 2.75) is 6.10 Å². The molecule has 0 saturated carbocycles. The maximum absolute atomic E-state index is 11.5. The monoisotopic (exact) mass is 622 g/mol. The first-order chi connectivity index (χ1) is 22.7. The summed E-state index contributed by atoms with van der Waals surface area (Å²) in [5.41, 5.74) is 2.84. The minimum Gasteiger partial charge on any atom is -0.506 e. The summed E-state index contributed by atoms with van der Waals surface area (Å²) >= 11 is 0. The van der Waals surface area contributed by atoms with Gasteiger partial charge in [-0.1, -0.05) is 103 Å². The Morgan fingerprint density at radius 2 is 1.11 bits per heavy atom. The van der Waals surface area contributed by atoms with E-state index in [-0.39, 0.29) is 32.9 Å². The van der Waals surface area contributed by atoms with E-state index in [1.165, 1.54) is 0 Å². The van der Waals surface area contributed by atoms with Gasteiger partial charge in [0.15, 0.2) is 28.8 Å². The van der Waals surface area contributed by atoms with Crippen LogP contribution in [0.5, 0.6) is 5.75 Å². The maximum Gasteiger partial charge on any atom is 0.330 e. The van der Waals surface area contributed by atoms with Crippen LogP contribution in [-0.2, 0) is 0 Å². The average Bonchev–Trinajstić information content (AvgIpc) is 3.11. The van der Waals surface area contributed by atoms with Crippen LogP contribution < -0.4 is 15.2 Å². The molecule has 1 aliphatic heterocycles. The van der Waals surface area contributed by atoms with E-state index < -0.39 is 40.8 Å². The van der Waals surface area contributed by atoms with Crippen LogP contribution in [0.3, 0.4) is 0 Å². The van der Waals surface area contributed by atoms with E-state index in [1.54, 1.807) is 24.3 Å². The van der Waals surface area contributed by atoms with Gasteiger partial charge in [-0.05, 0) is 49.9 Å². The Hall–Kier alpha value is -6.38. The molecule has 0 radical (unpaired) electrons. The van der Waals surface area contributed by atoms with Crippen molar-refractivity contribution < 1.29 is 40.5 Å². The quantitative estimate of drug-likeness (QED) is 0.108. The second-order valence-electron chi connectivity index (χ2n) is 11.5. The molecule has 8 heteroatoms. The van der Waals surface area contributed by atoms with Crippen LogP contribution >= 0.6 is 0 Å². The van der Waals surface area contributed by atoms with Gasteiger partial charge in [0.2, 0.25) is 5.76 Å². The Labute approximate surface area is 266 Å². The zero-order valence-corrected chi connectivity index (χ0v) is 24.5. The Morgan fingerprint density at radius 1 is 0.489 bits per heavy atom. The molecule has 1 aliphatic carbocycles. The number of benzene rings is 6. The summed E-state index contributed by atoms with van der Waals surface area (Å²) in [6.07, 6.45) is -1.85. The van der Waals surface area contributed by atoms with Gasteiger partial charge in [-0.3, -0.25) is 0 Å². The largest absolute Gasteiger partial charge is 0.506 e. The third kappa shape index (κ3) is 4.12. The third-order valence-corrected chi connectivity index (χ3v) is 8.90. The van der Waals surface area contributed by atoms with E-state index in [0.29, 0.717) is 11.1 Å². The Morgan fingerprint density at radius 3 is 1.87 bits per heavy atom. The molecule has 0 saturated heterocycles. The number of hydrogen-bond donors (Lipinski definition) is 7. The maximum atomic E-state index is 11.5. The zero-order valence-electron chi connectivity index (χ0n) is 24.5.